The molecule has 3 fully saturated rings. The van der Waals surface area contributed by atoms with Crippen molar-refractivity contribution < 1.29 is 48.5 Å². The summed E-state index contributed by atoms with van der Waals surface area (Å²) < 4.78 is 97.9. The van der Waals surface area contributed by atoms with Gasteiger partial charge in [-0.25, -0.2) is 25.3 Å². The molecule has 6 aromatic carbocycles. The van der Waals surface area contributed by atoms with Gasteiger partial charge in [-0.05, 0) is 85.8 Å². The number of pyridine rings is 3. The van der Waals surface area contributed by atoms with E-state index in [4.69, 9.17) is 8.83 Å². The zero-order chi connectivity index (χ0) is 71.5. The molecule has 0 radical (unpaired) electrons. The van der Waals surface area contributed by atoms with Gasteiger partial charge in [0.15, 0.2) is 26.3 Å². The number of carbonyl (C=O) groups is 3. The van der Waals surface area contributed by atoms with Crippen LogP contribution in [0.1, 0.15) is 37.0 Å². The lowest BCUT2D eigenvalue weighted by Crippen LogP contribution is -2.49. The molecule has 25 nitrogen and oxygen atoms in total. The van der Waals surface area contributed by atoms with Crippen molar-refractivity contribution in [3.8, 4) is 0 Å². The lowest BCUT2D eigenvalue weighted by molar-refractivity contribution is 0.0708. The summed E-state index contributed by atoms with van der Waals surface area (Å²) in [5.74, 6) is 0.0949. The zero-order valence-corrected chi connectivity index (χ0v) is 58.4. The van der Waals surface area contributed by atoms with E-state index in [-0.39, 0.29) is 55.3 Å². The number of sulfonamides is 2. The number of rotatable bonds is 13. The average molecular weight is 1420 g/mol. The monoisotopic (exact) mass is 1420 g/mol. The van der Waals surface area contributed by atoms with E-state index in [9.17, 15) is 54.0 Å². The number of furan rings is 2. The maximum absolute atomic E-state index is 13.5. The van der Waals surface area contributed by atoms with Gasteiger partial charge in [0.1, 0.15) is 11.4 Å². The molecular formula is C73H73N11O14S3. The molecule has 5 aromatic heterocycles. The number of anilines is 5. The van der Waals surface area contributed by atoms with Crippen molar-refractivity contribution in [3.05, 3.63) is 248 Å². The Morgan fingerprint density at radius 1 is 0.376 bits per heavy atom. The third-order valence-corrected chi connectivity index (χ3v) is 22.0. The van der Waals surface area contributed by atoms with Crippen LogP contribution < -0.4 is 40.8 Å². The second kappa shape index (κ2) is 28.9. The van der Waals surface area contributed by atoms with Gasteiger partial charge < -0.3 is 51.9 Å². The Kier molecular flexibility index (Phi) is 19.9. The van der Waals surface area contributed by atoms with Crippen LogP contribution in [-0.4, -0.2) is 156 Å². The summed E-state index contributed by atoms with van der Waals surface area (Å²) in [6.45, 7) is 6.91. The fraction of sp³-hybridized carbons (Fsp3) is 0.233. The number of amides is 3. The second-order valence-corrected chi connectivity index (χ2v) is 29.9. The first-order valence-corrected chi connectivity index (χ1v) is 37.2. The molecule has 0 bridgehead atoms. The third kappa shape index (κ3) is 14.4. The number of fused-ring (bicyclic) bond motifs is 3. The van der Waals surface area contributed by atoms with Crippen LogP contribution in [0.5, 0.6) is 0 Å². The Balaban J connectivity index is 0.000000144. The van der Waals surface area contributed by atoms with E-state index in [1.54, 1.807) is 103 Å². The van der Waals surface area contributed by atoms with Gasteiger partial charge in [-0.1, -0.05) is 109 Å². The van der Waals surface area contributed by atoms with Gasteiger partial charge in [-0.2, -0.15) is 0 Å². The van der Waals surface area contributed by atoms with E-state index in [0.717, 1.165) is 22.6 Å². The molecular weight excluding hydrogens is 1350 g/mol. The highest BCUT2D eigenvalue weighted by molar-refractivity contribution is 7.93. The van der Waals surface area contributed by atoms with E-state index in [1.807, 2.05) is 113 Å². The van der Waals surface area contributed by atoms with Crippen LogP contribution in [-0.2, 0) is 51.0 Å². The summed E-state index contributed by atoms with van der Waals surface area (Å²) >= 11 is 0. The molecule has 0 spiro atoms. The van der Waals surface area contributed by atoms with Gasteiger partial charge in [0.25, 0.3) is 54.4 Å². The highest BCUT2D eigenvalue weighted by Gasteiger charge is 2.34. The van der Waals surface area contributed by atoms with Crippen LogP contribution in [0, 0.1) is 6.92 Å². The maximum atomic E-state index is 13.5. The number of para-hydroxylation sites is 3. The number of benzene rings is 6. The molecule has 28 heteroatoms. The van der Waals surface area contributed by atoms with Crippen LogP contribution in [0.2, 0.25) is 0 Å². The summed E-state index contributed by atoms with van der Waals surface area (Å²) in [6, 6.07) is 52.1. The number of carbonyl (C=O) groups excluding carboxylic acids is 3. The van der Waals surface area contributed by atoms with Crippen molar-refractivity contribution >= 4 is 109 Å². The number of nitrogens with zero attached hydrogens (tertiary/aromatic N) is 9. The Bertz CT molecular complexity index is 5480. The van der Waals surface area contributed by atoms with E-state index in [1.165, 1.54) is 50.5 Å². The molecule has 3 amide bonds. The Labute approximate surface area is 582 Å². The molecule has 522 valence electrons. The highest BCUT2D eigenvalue weighted by atomic mass is 32.2. The van der Waals surface area contributed by atoms with E-state index in [2.05, 4.69) is 9.44 Å². The number of aromatic nitrogens is 3. The summed E-state index contributed by atoms with van der Waals surface area (Å²) in [5, 5.41) is 2.20. The Morgan fingerprint density at radius 3 is 1.10 bits per heavy atom. The molecule has 2 N–H and O–H groups in total. The molecule has 0 unspecified atom stereocenters. The Morgan fingerprint density at radius 2 is 0.713 bits per heavy atom. The van der Waals surface area contributed by atoms with Crippen LogP contribution in [0.4, 0.5) is 28.4 Å². The van der Waals surface area contributed by atoms with Gasteiger partial charge in [-0.15, -0.1) is 0 Å². The fourth-order valence-electron chi connectivity index (χ4n) is 12.9. The molecule has 0 aliphatic carbocycles. The van der Waals surface area contributed by atoms with Crippen molar-refractivity contribution in [2.75, 3.05) is 109 Å². The van der Waals surface area contributed by atoms with Gasteiger partial charge >= 0.3 is 0 Å². The first kappa shape index (κ1) is 69.7. The summed E-state index contributed by atoms with van der Waals surface area (Å²) in [7, 11) is -6.95. The maximum Gasteiger partial charge on any atom is 0.289 e. The molecule has 3 aliphatic heterocycles. The minimum absolute atomic E-state index is 0.0115. The molecule has 3 aliphatic rings. The molecule has 101 heavy (non-hydrogen) atoms. The van der Waals surface area contributed by atoms with Crippen molar-refractivity contribution in [1.29, 1.82) is 0 Å². The Hall–Kier alpha value is -11.2. The van der Waals surface area contributed by atoms with E-state index < -0.39 is 46.6 Å². The largest absolute Gasteiger partial charge is 0.459 e. The lowest BCUT2D eigenvalue weighted by Gasteiger charge is -2.37. The van der Waals surface area contributed by atoms with Crippen LogP contribution >= 0.6 is 0 Å². The molecule has 0 saturated carbocycles. The SMILES string of the molecule is Cc1ccc(S(=O)(=O)Nc2c(N3CCN(C(=O)c4ccco4)CC3)c3ccccc3n(C)c2=O)cc1.Cn1c(=O)c(NS(=O)(=O)c2ccccc2)c(N2CCN(C(=O)c3ccco3)CC2)c2ccccc21.Cn1c(=O)c(S(C)(=O)=O)c(N2CCN(C(=O)c3ccccc3)CC2)c2ccccc21. The number of sulfone groups is 1. The molecule has 11 aromatic rings. The number of nitrogens with one attached hydrogen (secondary N) is 2. The predicted molar refractivity (Wildman–Crippen MR) is 388 cm³/mol. The van der Waals surface area contributed by atoms with Crippen molar-refractivity contribution in [1.82, 2.24) is 28.4 Å². The lowest BCUT2D eigenvalue weighted by atomic mass is 10.1. The topological polar surface area (TPSA) is 289 Å². The minimum Gasteiger partial charge on any atom is -0.459 e. The third-order valence-electron chi connectivity index (χ3n) is 18.1. The number of aryl methyl sites for hydroxylation is 4. The first-order valence-electron chi connectivity index (χ1n) is 32.4. The average Bonchev–Trinajstić information content (AvgIpc) is 1.23. The fourth-order valence-corrected chi connectivity index (χ4v) is 16.1. The first-order chi connectivity index (χ1) is 48.4. The van der Waals surface area contributed by atoms with Gasteiger partial charge in [0, 0.05) is 128 Å². The summed E-state index contributed by atoms with van der Waals surface area (Å²) in [5.41, 5.74) is 3.59. The smallest absolute Gasteiger partial charge is 0.289 e. The zero-order valence-electron chi connectivity index (χ0n) is 55.9. The van der Waals surface area contributed by atoms with Gasteiger partial charge in [-0.3, -0.25) is 38.2 Å². The molecule has 8 heterocycles. The van der Waals surface area contributed by atoms with E-state index in [0.29, 0.717) is 123 Å². The number of hydrogen-bond donors (Lipinski definition) is 2. The van der Waals surface area contributed by atoms with Crippen molar-refractivity contribution in [3.63, 3.8) is 0 Å². The molecule has 14 rings (SSSR count). The quantitative estimate of drug-likeness (QED) is 0.110. The van der Waals surface area contributed by atoms with Crippen molar-refractivity contribution in [2.24, 2.45) is 21.1 Å². The van der Waals surface area contributed by atoms with Crippen LogP contribution in [0.3, 0.4) is 0 Å². The number of piperazine rings is 3. The molecule has 0 atom stereocenters. The summed E-state index contributed by atoms with van der Waals surface area (Å²) in [4.78, 5) is 88.9. The highest BCUT2D eigenvalue weighted by Crippen LogP contribution is 2.37. The summed E-state index contributed by atoms with van der Waals surface area (Å²) in [6.07, 6.45) is 3.99. The van der Waals surface area contributed by atoms with Crippen LogP contribution in [0.15, 0.2) is 232 Å². The standard InChI is InChI=1S/C26H26N4O5S.C25H24N4O5S.C22H23N3O4S/c1-18-9-11-19(12-10-18)36(33,34)27-23-24(20-6-3-4-7-21(20)28(2)26(23)32)29-13-15-30(16-14-29)25(31)22-8-5-17-35-22;1-27-20-11-6-5-10-19(20)23(22(25(27)31)26-35(32,33)18-8-3-2-4-9-18)28-13-15-29(16-14-28)24(30)21-12-7-17-34-21;1-23-18-11-7-6-10-17(18)19(20(22(23)27)30(2,28)29)24-12-14-25(15-13-24)21(26)16-8-4-3-5-9-16/h3-12,17,27H,13-16H2,1-2H3;2-12,17,26H,13-16H2,1H3;3-11H,12-15H2,1-2H3. The molecule has 3 saturated heterocycles. The van der Waals surface area contributed by atoms with E-state index >= 15 is 0 Å². The van der Waals surface area contributed by atoms with Crippen LogP contribution in [0.25, 0.3) is 32.7 Å². The minimum atomic E-state index is -4.02. The van der Waals surface area contributed by atoms with Gasteiger partial charge in [0.05, 0.1) is 55.9 Å². The van der Waals surface area contributed by atoms with Crippen molar-refractivity contribution in [2.45, 2.75) is 21.6 Å². The normalized spacial score (nSPS) is 14.5. The number of hydrogen-bond acceptors (Lipinski definition) is 17. The van der Waals surface area contributed by atoms with Gasteiger partial charge in [0.2, 0.25) is 0 Å². The second-order valence-electron chi connectivity index (χ2n) is 24.5. The predicted octanol–water partition coefficient (Wildman–Crippen LogP) is 8.00.